The first-order chi connectivity index (χ1) is 12.3. The minimum Gasteiger partial charge on any atom is -0.465 e. The highest BCUT2D eigenvalue weighted by Crippen LogP contribution is 2.25. The number of methoxy groups -OCH3 is 1. The largest absolute Gasteiger partial charge is 0.465 e. The lowest BCUT2D eigenvalue weighted by Crippen LogP contribution is -2.30. The number of hydrogen-bond acceptors (Lipinski definition) is 6. The van der Waals surface area contributed by atoms with Crippen LogP contribution in [0.3, 0.4) is 0 Å². The molecule has 0 fully saturated rings. The molecule has 0 aliphatic heterocycles. The van der Waals surface area contributed by atoms with Crippen molar-refractivity contribution in [2.45, 2.75) is 18.7 Å². The third-order valence-electron chi connectivity index (χ3n) is 3.72. The van der Waals surface area contributed by atoms with Crippen LogP contribution in [0, 0.1) is 0 Å². The molecule has 7 nitrogen and oxygen atoms in total. The molecule has 1 heterocycles. The predicted octanol–water partition coefficient (Wildman–Crippen LogP) is 2.82. The van der Waals surface area contributed by atoms with Gasteiger partial charge in [0, 0.05) is 24.3 Å². The molecule has 1 aromatic carbocycles. The summed E-state index contributed by atoms with van der Waals surface area (Å²) in [6.45, 7) is 4.98. The van der Waals surface area contributed by atoms with Crippen molar-refractivity contribution in [1.29, 1.82) is 0 Å². The highest BCUT2D eigenvalue weighted by atomic mass is 32.2. The van der Waals surface area contributed by atoms with Gasteiger partial charge in [0.15, 0.2) is 0 Å². The smallest absolute Gasteiger partial charge is 0.349 e. The highest BCUT2D eigenvalue weighted by Gasteiger charge is 2.24. The van der Waals surface area contributed by atoms with Crippen molar-refractivity contribution in [3.8, 4) is 0 Å². The molecule has 140 valence electrons. The van der Waals surface area contributed by atoms with Crippen LogP contribution in [-0.4, -0.2) is 45.4 Å². The van der Waals surface area contributed by atoms with Crippen LogP contribution in [0.4, 0.5) is 5.69 Å². The van der Waals surface area contributed by atoms with Gasteiger partial charge < -0.3 is 9.64 Å². The Hall–Kier alpha value is -2.39. The van der Waals surface area contributed by atoms with Gasteiger partial charge in [-0.3, -0.25) is 9.52 Å². The maximum Gasteiger partial charge on any atom is 0.349 e. The van der Waals surface area contributed by atoms with Gasteiger partial charge in [-0.25, -0.2) is 13.2 Å². The van der Waals surface area contributed by atoms with Crippen LogP contribution in [0.15, 0.2) is 40.6 Å². The van der Waals surface area contributed by atoms with Gasteiger partial charge in [-0.1, -0.05) is 0 Å². The van der Waals surface area contributed by atoms with E-state index < -0.39 is 16.0 Å². The van der Waals surface area contributed by atoms with E-state index in [-0.39, 0.29) is 15.7 Å². The molecule has 0 saturated heterocycles. The second kappa shape index (κ2) is 8.33. The summed E-state index contributed by atoms with van der Waals surface area (Å²) in [5.74, 6) is -0.823. The van der Waals surface area contributed by atoms with Crippen LogP contribution in [0.5, 0.6) is 0 Å². The summed E-state index contributed by atoms with van der Waals surface area (Å²) in [4.78, 5) is 25.5. The molecule has 0 aliphatic carbocycles. The summed E-state index contributed by atoms with van der Waals surface area (Å²) >= 11 is 0.990. The zero-order valence-electron chi connectivity index (χ0n) is 14.7. The molecule has 1 amide bonds. The lowest BCUT2D eigenvalue weighted by atomic mass is 10.2. The van der Waals surface area contributed by atoms with E-state index in [1.807, 2.05) is 13.8 Å². The summed E-state index contributed by atoms with van der Waals surface area (Å²) in [6, 6.07) is 7.50. The Bertz CT molecular complexity index is 884. The molecule has 0 bridgehead atoms. The number of carbonyl (C=O) groups excluding carboxylic acids is 2. The molecule has 1 aromatic heterocycles. The summed E-state index contributed by atoms with van der Waals surface area (Å²) < 4.78 is 32.1. The minimum absolute atomic E-state index is 0.00771. The van der Waals surface area contributed by atoms with Crippen LogP contribution in [0.2, 0.25) is 0 Å². The normalized spacial score (nSPS) is 11.0. The van der Waals surface area contributed by atoms with Gasteiger partial charge >= 0.3 is 5.97 Å². The molecule has 1 N–H and O–H groups in total. The molecular weight excluding hydrogens is 376 g/mol. The number of rotatable bonds is 7. The summed E-state index contributed by atoms with van der Waals surface area (Å²) in [5.41, 5.74) is 0.769. The highest BCUT2D eigenvalue weighted by molar-refractivity contribution is 7.93. The monoisotopic (exact) mass is 396 g/mol. The Kier molecular flexibility index (Phi) is 6.38. The standard InChI is InChI=1S/C17H20N2O5S2/c1-4-19(5-2)16(20)12-6-8-13(9-7-12)18-26(22,23)14-10-11-25-15(14)17(21)24-3/h6-11,18H,4-5H2,1-3H3. The van der Waals surface area contributed by atoms with Crippen LogP contribution in [-0.2, 0) is 14.8 Å². The first kappa shape index (κ1) is 19.9. The van der Waals surface area contributed by atoms with Gasteiger partial charge in [0.05, 0.1) is 7.11 Å². The SMILES string of the molecule is CCN(CC)C(=O)c1ccc(NS(=O)(=O)c2ccsc2C(=O)OC)cc1. The van der Waals surface area contributed by atoms with Gasteiger partial charge in [-0.2, -0.15) is 0 Å². The van der Waals surface area contributed by atoms with E-state index >= 15 is 0 Å². The van der Waals surface area contributed by atoms with Crippen molar-refractivity contribution >= 4 is 38.9 Å². The van der Waals surface area contributed by atoms with Crippen molar-refractivity contribution < 1.29 is 22.7 Å². The van der Waals surface area contributed by atoms with Gasteiger partial charge in [-0.15, -0.1) is 11.3 Å². The van der Waals surface area contributed by atoms with E-state index in [0.29, 0.717) is 24.3 Å². The Labute approximate surface area is 156 Å². The maximum atomic E-state index is 12.5. The number of carbonyl (C=O) groups is 2. The molecule has 0 aliphatic rings. The molecule has 0 radical (unpaired) electrons. The first-order valence-electron chi connectivity index (χ1n) is 7.92. The Balaban J connectivity index is 2.22. The number of nitrogens with one attached hydrogen (secondary N) is 1. The molecular formula is C17H20N2O5S2. The molecule has 0 unspecified atom stereocenters. The maximum absolute atomic E-state index is 12.5. The van der Waals surface area contributed by atoms with Crippen molar-refractivity contribution in [2.75, 3.05) is 24.9 Å². The number of sulfonamides is 1. The quantitative estimate of drug-likeness (QED) is 0.727. The fourth-order valence-corrected chi connectivity index (χ4v) is 4.73. The molecule has 0 spiro atoms. The van der Waals surface area contributed by atoms with Crippen LogP contribution in [0.1, 0.15) is 33.9 Å². The van der Waals surface area contributed by atoms with E-state index in [9.17, 15) is 18.0 Å². The number of hydrogen-bond donors (Lipinski definition) is 1. The van der Waals surface area contributed by atoms with E-state index in [1.165, 1.54) is 30.7 Å². The first-order valence-corrected chi connectivity index (χ1v) is 10.3. The van der Waals surface area contributed by atoms with E-state index in [2.05, 4.69) is 9.46 Å². The molecule has 0 saturated carbocycles. The number of nitrogens with zero attached hydrogens (tertiary/aromatic N) is 1. The average Bonchev–Trinajstić information content (AvgIpc) is 3.13. The zero-order valence-corrected chi connectivity index (χ0v) is 16.3. The Morgan fingerprint density at radius 2 is 1.73 bits per heavy atom. The van der Waals surface area contributed by atoms with Crippen LogP contribution < -0.4 is 4.72 Å². The number of anilines is 1. The molecule has 26 heavy (non-hydrogen) atoms. The van der Waals surface area contributed by atoms with Crippen molar-refractivity contribution in [2.24, 2.45) is 0 Å². The number of esters is 1. The second-order valence-electron chi connectivity index (χ2n) is 5.27. The zero-order chi connectivity index (χ0) is 19.3. The van der Waals surface area contributed by atoms with E-state index in [1.54, 1.807) is 17.0 Å². The number of amides is 1. The topological polar surface area (TPSA) is 92.8 Å². The summed E-state index contributed by atoms with van der Waals surface area (Å²) in [6.07, 6.45) is 0. The van der Waals surface area contributed by atoms with Gasteiger partial charge in [0.2, 0.25) is 0 Å². The number of benzene rings is 1. The Morgan fingerprint density at radius 3 is 2.27 bits per heavy atom. The summed E-state index contributed by atoms with van der Waals surface area (Å²) in [5, 5.41) is 1.51. The average molecular weight is 396 g/mol. The molecule has 2 aromatic rings. The number of thiophene rings is 1. The van der Waals surface area contributed by atoms with Gasteiger partial charge in [0.25, 0.3) is 15.9 Å². The molecule has 9 heteroatoms. The third kappa shape index (κ3) is 4.23. The van der Waals surface area contributed by atoms with Crippen molar-refractivity contribution in [3.63, 3.8) is 0 Å². The fourth-order valence-electron chi connectivity index (χ4n) is 2.34. The van der Waals surface area contributed by atoms with Crippen molar-refractivity contribution in [3.05, 3.63) is 46.2 Å². The third-order valence-corrected chi connectivity index (χ3v) is 6.17. The number of ether oxygens (including phenoxy) is 1. The second-order valence-corrected chi connectivity index (χ2v) is 7.83. The molecule has 2 rings (SSSR count). The van der Waals surface area contributed by atoms with E-state index in [4.69, 9.17) is 0 Å². The van der Waals surface area contributed by atoms with Gasteiger partial charge in [-0.05, 0) is 49.6 Å². The fraction of sp³-hybridized carbons (Fsp3) is 0.294. The van der Waals surface area contributed by atoms with Crippen LogP contribution >= 0.6 is 11.3 Å². The lowest BCUT2D eigenvalue weighted by Gasteiger charge is -2.18. The Morgan fingerprint density at radius 1 is 1.12 bits per heavy atom. The molecule has 0 atom stereocenters. The lowest BCUT2D eigenvalue weighted by molar-refractivity contribution is 0.0602. The minimum atomic E-state index is -3.95. The van der Waals surface area contributed by atoms with Crippen LogP contribution in [0.25, 0.3) is 0 Å². The summed E-state index contributed by atoms with van der Waals surface area (Å²) in [7, 11) is -2.76. The van der Waals surface area contributed by atoms with Gasteiger partial charge in [0.1, 0.15) is 9.77 Å². The predicted molar refractivity (Wildman–Crippen MR) is 100 cm³/mol. The van der Waals surface area contributed by atoms with E-state index in [0.717, 1.165) is 11.3 Å². The van der Waals surface area contributed by atoms with Crippen molar-refractivity contribution in [1.82, 2.24) is 4.90 Å².